The average molecular weight is 447 g/mol. The molecule has 0 aliphatic carbocycles. The van der Waals surface area contributed by atoms with E-state index in [1.54, 1.807) is 10.7 Å². The number of hydrogen-bond acceptors (Lipinski definition) is 7. The van der Waals surface area contributed by atoms with Crippen LogP contribution in [0.5, 0.6) is 5.75 Å². The molecule has 3 aromatic rings. The smallest absolute Gasteiger partial charge is 0.138 e. The van der Waals surface area contributed by atoms with E-state index in [1.165, 1.54) is 19.4 Å². The Balaban J connectivity index is 1.31. The van der Waals surface area contributed by atoms with Crippen molar-refractivity contribution in [3.8, 4) is 22.9 Å². The number of nitriles is 1. The fourth-order valence-electron chi connectivity index (χ4n) is 4.83. The minimum atomic E-state index is 0.540. The minimum absolute atomic E-state index is 0.540. The lowest BCUT2D eigenvalue weighted by Gasteiger charge is -2.37. The van der Waals surface area contributed by atoms with Gasteiger partial charge in [0, 0.05) is 63.3 Å². The molecule has 0 spiro atoms. The van der Waals surface area contributed by atoms with Crippen molar-refractivity contribution in [1.82, 2.24) is 19.5 Å². The normalized spacial score (nSPS) is 17.9. The van der Waals surface area contributed by atoms with E-state index in [0.29, 0.717) is 12.2 Å². The molecular formula is C25H30N6O2. The topological polar surface area (TPSA) is 78.9 Å². The molecule has 0 saturated carbocycles. The Morgan fingerprint density at radius 1 is 1.15 bits per heavy atom. The Hall–Kier alpha value is -3.15. The highest BCUT2D eigenvalue weighted by Gasteiger charge is 2.22. The van der Waals surface area contributed by atoms with Crippen molar-refractivity contribution in [2.24, 2.45) is 5.92 Å². The molecule has 8 heteroatoms. The van der Waals surface area contributed by atoms with Crippen LogP contribution in [0.3, 0.4) is 0 Å². The number of fused-ring (bicyclic) bond motifs is 1. The summed E-state index contributed by atoms with van der Waals surface area (Å²) in [7, 11) is 0. The highest BCUT2D eigenvalue weighted by atomic mass is 16.5. The molecule has 2 aliphatic rings. The summed E-state index contributed by atoms with van der Waals surface area (Å²) in [5.74, 6) is 2.49. The fourth-order valence-corrected chi connectivity index (χ4v) is 4.83. The second kappa shape index (κ2) is 9.77. The molecule has 0 aromatic carbocycles. The summed E-state index contributed by atoms with van der Waals surface area (Å²) in [5, 5.41) is 13.9. The first-order chi connectivity index (χ1) is 16.2. The van der Waals surface area contributed by atoms with E-state index in [4.69, 9.17) is 14.5 Å². The lowest BCUT2D eigenvalue weighted by atomic mass is 9.99. The van der Waals surface area contributed by atoms with Gasteiger partial charge in [-0.1, -0.05) is 0 Å². The summed E-state index contributed by atoms with van der Waals surface area (Å²) in [6.07, 6.45) is 7.67. The summed E-state index contributed by atoms with van der Waals surface area (Å²) in [5.41, 5.74) is 3.16. The molecule has 33 heavy (non-hydrogen) atoms. The van der Waals surface area contributed by atoms with E-state index in [1.807, 2.05) is 25.4 Å². The first-order valence-corrected chi connectivity index (χ1v) is 11.8. The highest BCUT2D eigenvalue weighted by Crippen LogP contribution is 2.31. The van der Waals surface area contributed by atoms with Crippen LogP contribution in [-0.2, 0) is 4.74 Å². The Morgan fingerprint density at radius 2 is 1.97 bits per heavy atom. The third kappa shape index (κ3) is 4.65. The van der Waals surface area contributed by atoms with Crippen molar-refractivity contribution in [2.45, 2.75) is 19.8 Å². The third-order valence-corrected chi connectivity index (χ3v) is 6.63. The standard InChI is InChI=1S/C25H30N6O2/c1-2-33-22-13-23(25-21(14-26)16-28-31(25)18-22)20-3-4-24(27-15-20)30-9-7-29(8-10-30)17-19-5-11-32-12-6-19/h3-4,13,15-16,18-19H,2,5-12,17H2,1H3. The number of nitrogens with zero attached hydrogens (tertiary/aromatic N) is 6. The maximum Gasteiger partial charge on any atom is 0.138 e. The maximum absolute atomic E-state index is 9.54. The van der Waals surface area contributed by atoms with Crippen LogP contribution >= 0.6 is 0 Å². The molecular weight excluding hydrogens is 416 g/mol. The summed E-state index contributed by atoms with van der Waals surface area (Å²) in [6, 6.07) is 8.37. The largest absolute Gasteiger partial charge is 0.492 e. The predicted molar refractivity (Wildman–Crippen MR) is 127 cm³/mol. The van der Waals surface area contributed by atoms with Gasteiger partial charge in [-0.3, -0.25) is 4.90 Å². The van der Waals surface area contributed by atoms with Crippen LogP contribution in [0.25, 0.3) is 16.6 Å². The van der Waals surface area contributed by atoms with E-state index in [2.05, 4.69) is 33.1 Å². The Morgan fingerprint density at radius 3 is 2.67 bits per heavy atom. The summed E-state index contributed by atoms with van der Waals surface area (Å²) >= 11 is 0. The molecule has 5 rings (SSSR count). The zero-order valence-corrected chi connectivity index (χ0v) is 19.1. The van der Waals surface area contributed by atoms with Gasteiger partial charge in [0.25, 0.3) is 0 Å². The van der Waals surface area contributed by atoms with Gasteiger partial charge in [0.15, 0.2) is 0 Å². The van der Waals surface area contributed by atoms with Gasteiger partial charge in [0.1, 0.15) is 17.6 Å². The van der Waals surface area contributed by atoms with Crippen molar-refractivity contribution < 1.29 is 9.47 Å². The number of hydrogen-bond donors (Lipinski definition) is 0. The van der Waals surface area contributed by atoms with Gasteiger partial charge >= 0.3 is 0 Å². The van der Waals surface area contributed by atoms with Crippen LogP contribution in [0.1, 0.15) is 25.3 Å². The van der Waals surface area contributed by atoms with Crippen LogP contribution in [0.4, 0.5) is 5.82 Å². The van der Waals surface area contributed by atoms with Crippen molar-refractivity contribution in [3.63, 3.8) is 0 Å². The molecule has 0 N–H and O–H groups in total. The third-order valence-electron chi connectivity index (χ3n) is 6.63. The molecule has 0 amide bonds. The SMILES string of the molecule is CCOc1cc(-c2ccc(N3CCN(CC4CCOCC4)CC3)nc2)c2c(C#N)cnn2c1. The van der Waals surface area contributed by atoms with Crippen LogP contribution in [0.2, 0.25) is 0 Å². The number of aromatic nitrogens is 3. The van der Waals surface area contributed by atoms with E-state index < -0.39 is 0 Å². The first kappa shape index (κ1) is 21.7. The van der Waals surface area contributed by atoms with Crippen LogP contribution < -0.4 is 9.64 Å². The number of pyridine rings is 2. The van der Waals surface area contributed by atoms with Crippen molar-refractivity contribution in [2.75, 3.05) is 57.4 Å². The molecule has 2 fully saturated rings. The number of ether oxygens (including phenoxy) is 2. The van der Waals surface area contributed by atoms with Gasteiger partial charge in [-0.25, -0.2) is 9.50 Å². The van der Waals surface area contributed by atoms with E-state index in [-0.39, 0.29) is 0 Å². The monoisotopic (exact) mass is 446 g/mol. The molecule has 8 nitrogen and oxygen atoms in total. The molecule has 0 unspecified atom stereocenters. The van der Waals surface area contributed by atoms with Gasteiger partial charge < -0.3 is 14.4 Å². The lowest BCUT2D eigenvalue weighted by Crippen LogP contribution is -2.48. The van der Waals surface area contributed by atoms with Crippen molar-refractivity contribution in [3.05, 3.63) is 42.4 Å². The van der Waals surface area contributed by atoms with E-state index >= 15 is 0 Å². The predicted octanol–water partition coefficient (Wildman–Crippen LogP) is 3.22. The summed E-state index contributed by atoms with van der Waals surface area (Å²) < 4.78 is 12.9. The number of rotatable bonds is 6. The van der Waals surface area contributed by atoms with Crippen molar-refractivity contribution >= 4 is 11.3 Å². The van der Waals surface area contributed by atoms with Crippen LogP contribution in [0, 0.1) is 17.2 Å². The molecule has 2 saturated heterocycles. The Labute approximate surface area is 194 Å². The van der Waals surface area contributed by atoms with E-state index in [0.717, 1.165) is 73.5 Å². The lowest BCUT2D eigenvalue weighted by molar-refractivity contribution is 0.0517. The highest BCUT2D eigenvalue weighted by molar-refractivity contribution is 5.85. The molecule has 0 atom stereocenters. The molecule has 5 heterocycles. The zero-order valence-electron chi connectivity index (χ0n) is 19.1. The molecule has 2 aliphatic heterocycles. The van der Waals surface area contributed by atoms with Gasteiger partial charge in [-0.15, -0.1) is 0 Å². The number of anilines is 1. The first-order valence-electron chi connectivity index (χ1n) is 11.8. The zero-order chi connectivity index (χ0) is 22.6. The average Bonchev–Trinajstić information content (AvgIpc) is 3.28. The minimum Gasteiger partial charge on any atom is -0.492 e. The Kier molecular flexibility index (Phi) is 6.42. The maximum atomic E-state index is 9.54. The van der Waals surface area contributed by atoms with Gasteiger partial charge in [-0.05, 0) is 43.9 Å². The second-order valence-electron chi connectivity index (χ2n) is 8.73. The molecule has 172 valence electrons. The van der Waals surface area contributed by atoms with Gasteiger partial charge in [0.05, 0.1) is 30.1 Å². The van der Waals surface area contributed by atoms with E-state index in [9.17, 15) is 5.26 Å². The fraction of sp³-hybridized carbons (Fsp3) is 0.480. The molecule has 0 radical (unpaired) electrons. The Bertz CT molecular complexity index is 1120. The second-order valence-corrected chi connectivity index (χ2v) is 8.73. The van der Waals surface area contributed by atoms with Gasteiger partial charge in [0.2, 0.25) is 0 Å². The van der Waals surface area contributed by atoms with Gasteiger partial charge in [-0.2, -0.15) is 10.4 Å². The van der Waals surface area contributed by atoms with Crippen molar-refractivity contribution in [1.29, 1.82) is 5.26 Å². The summed E-state index contributed by atoms with van der Waals surface area (Å²) in [4.78, 5) is 9.72. The molecule has 0 bridgehead atoms. The van der Waals surface area contributed by atoms with Crippen LogP contribution in [0.15, 0.2) is 36.8 Å². The molecule has 3 aromatic heterocycles. The van der Waals surface area contributed by atoms with Crippen LogP contribution in [-0.4, -0.2) is 72.0 Å². The quantitative estimate of drug-likeness (QED) is 0.575. The summed E-state index contributed by atoms with van der Waals surface area (Å²) in [6.45, 7) is 9.64. The number of piperazine rings is 1.